The number of methoxy groups -OCH3 is 2. The minimum absolute atomic E-state index is 0.191. The zero-order valence-corrected chi connectivity index (χ0v) is 24.0. The van der Waals surface area contributed by atoms with Crippen LogP contribution < -0.4 is 9.47 Å². The van der Waals surface area contributed by atoms with Gasteiger partial charge in [0.15, 0.2) is 11.5 Å². The fourth-order valence-corrected chi connectivity index (χ4v) is 5.60. The Balaban J connectivity index is 1.69. The van der Waals surface area contributed by atoms with Crippen LogP contribution in [0.2, 0.25) is 0 Å². The first-order valence-corrected chi connectivity index (χ1v) is 14.5. The molecule has 2 aromatic carbocycles. The standard InChI is InChI=1S/C33H51NO2/c1-7-8-9-10-11-12-13-14-15-16-30-29-24-32(36-6)31(35-5)23-27(29)21-22-34(30)25-26-17-19-28(20-18-26)33(2,3)4/h17-20,23-24,30H,7-16,21-22,25H2,1-6H3. The largest absolute Gasteiger partial charge is 0.493 e. The van der Waals surface area contributed by atoms with Gasteiger partial charge < -0.3 is 9.47 Å². The number of nitrogens with zero attached hydrogens (tertiary/aromatic N) is 1. The third-order valence-corrected chi connectivity index (χ3v) is 7.90. The highest BCUT2D eigenvalue weighted by Crippen LogP contribution is 2.41. The maximum Gasteiger partial charge on any atom is 0.161 e. The van der Waals surface area contributed by atoms with Crippen LogP contribution >= 0.6 is 0 Å². The summed E-state index contributed by atoms with van der Waals surface area (Å²) in [6.07, 6.45) is 14.6. The first-order chi connectivity index (χ1) is 17.4. The summed E-state index contributed by atoms with van der Waals surface area (Å²) in [7, 11) is 3.48. The molecule has 0 amide bonds. The summed E-state index contributed by atoms with van der Waals surface area (Å²) in [4.78, 5) is 2.70. The van der Waals surface area contributed by atoms with E-state index in [1.165, 1.54) is 86.5 Å². The minimum Gasteiger partial charge on any atom is -0.493 e. The van der Waals surface area contributed by atoms with Gasteiger partial charge in [-0.05, 0) is 52.6 Å². The lowest BCUT2D eigenvalue weighted by atomic mass is 9.86. The van der Waals surface area contributed by atoms with Crippen LogP contribution in [0.1, 0.15) is 120 Å². The lowest BCUT2D eigenvalue weighted by molar-refractivity contribution is 0.163. The molecule has 0 bridgehead atoms. The molecule has 1 heterocycles. The second kappa shape index (κ2) is 14.1. The van der Waals surface area contributed by atoms with E-state index in [1.807, 2.05) is 0 Å². The van der Waals surface area contributed by atoms with Crippen LogP contribution in [0.5, 0.6) is 11.5 Å². The number of ether oxygens (including phenoxy) is 2. The number of rotatable bonds is 14. The Morgan fingerprint density at radius 3 is 1.97 bits per heavy atom. The smallest absolute Gasteiger partial charge is 0.161 e. The fourth-order valence-electron chi connectivity index (χ4n) is 5.60. The molecule has 1 aliphatic heterocycles. The van der Waals surface area contributed by atoms with Crippen molar-refractivity contribution in [2.24, 2.45) is 0 Å². The Labute approximate surface area is 221 Å². The van der Waals surface area contributed by atoms with Crippen LogP contribution in [-0.2, 0) is 18.4 Å². The highest BCUT2D eigenvalue weighted by atomic mass is 16.5. The van der Waals surface area contributed by atoms with E-state index in [4.69, 9.17) is 9.47 Å². The lowest BCUT2D eigenvalue weighted by Gasteiger charge is -2.38. The Hall–Kier alpha value is -2.00. The topological polar surface area (TPSA) is 21.7 Å². The summed E-state index contributed by atoms with van der Waals surface area (Å²) in [5.74, 6) is 1.70. The van der Waals surface area contributed by atoms with Crippen molar-refractivity contribution < 1.29 is 9.47 Å². The van der Waals surface area contributed by atoms with E-state index in [0.717, 1.165) is 31.0 Å². The third kappa shape index (κ3) is 8.00. The maximum absolute atomic E-state index is 5.70. The summed E-state index contributed by atoms with van der Waals surface area (Å²) < 4.78 is 11.3. The Morgan fingerprint density at radius 2 is 1.39 bits per heavy atom. The van der Waals surface area contributed by atoms with Crippen molar-refractivity contribution >= 4 is 0 Å². The van der Waals surface area contributed by atoms with Crippen LogP contribution in [0, 0.1) is 0 Å². The normalized spacial score (nSPS) is 16.1. The molecule has 0 saturated heterocycles. The van der Waals surface area contributed by atoms with Gasteiger partial charge in [0.05, 0.1) is 14.2 Å². The molecule has 0 N–H and O–H groups in total. The van der Waals surface area contributed by atoms with Gasteiger partial charge in [0.2, 0.25) is 0 Å². The predicted octanol–water partition coefficient (Wildman–Crippen LogP) is 9.02. The van der Waals surface area contributed by atoms with Gasteiger partial charge in [-0.1, -0.05) is 110 Å². The van der Waals surface area contributed by atoms with Crippen molar-refractivity contribution in [2.75, 3.05) is 20.8 Å². The van der Waals surface area contributed by atoms with Crippen LogP contribution in [0.15, 0.2) is 36.4 Å². The fraction of sp³-hybridized carbons (Fsp3) is 0.636. The van der Waals surface area contributed by atoms with E-state index >= 15 is 0 Å². The van der Waals surface area contributed by atoms with Crippen molar-refractivity contribution in [1.82, 2.24) is 4.90 Å². The van der Waals surface area contributed by atoms with Crippen LogP contribution in [0.25, 0.3) is 0 Å². The number of hydrogen-bond donors (Lipinski definition) is 0. The second-order valence-corrected chi connectivity index (χ2v) is 11.7. The molecule has 0 fully saturated rings. The highest BCUT2D eigenvalue weighted by Gasteiger charge is 2.29. The molecule has 3 nitrogen and oxygen atoms in total. The monoisotopic (exact) mass is 493 g/mol. The lowest BCUT2D eigenvalue weighted by Crippen LogP contribution is -2.35. The van der Waals surface area contributed by atoms with Gasteiger partial charge in [-0.25, -0.2) is 0 Å². The maximum atomic E-state index is 5.70. The molecule has 0 aliphatic carbocycles. The summed E-state index contributed by atoms with van der Waals surface area (Å²) in [5.41, 5.74) is 5.86. The van der Waals surface area contributed by atoms with Crippen molar-refractivity contribution in [1.29, 1.82) is 0 Å². The third-order valence-electron chi connectivity index (χ3n) is 7.90. The van der Waals surface area contributed by atoms with E-state index in [9.17, 15) is 0 Å². The summed E-state index contributed by atoms with van der Waals surface area (Å²) in [6, 6.07) is 14.2. The molecule has 1 unspecified atom stereocenters. The summed E-state index contributed by atoms with van der Waals surface area (Å²) in [6.45, 7) is 11.2. The van der Waals surface area contributed by atoms with Crippen LogP contribution in [0.3, 0.4) is 0 Å². The predicted molar refractivity (Wildman–Crippen MR) is 153 cm³/mol. The number of hydrogen-bond acceptors (Lipinski definition) is 3. The Morgan fingerprint density at radius 1 is 0.806 bits per heavy atom. The van der Waals surface area contributed by atoms with E-state index < -0.39 is 0 Å². The zero-order chi connectivity index (χ0) is 26.0. The Kier molecular flexibility index (Phi) is 11.2. The molecule has 3 heteroatoms. The second-order valence-electron chi connectivity index (χ2n) is 11.7. The molecule has 2 aromatic rings. The zero-order valence-electron chi connectivity index (χ0n) is 24.0. The molecule has 0 radical (unpaired) electrons. The van der Waals surface area contributed by atoms with E-state index in [-0.39, 0.29) is 5.41 Å². The minimum atomic E-state index is 0.191. The SMILES string of the molecule is CCCCCCCCCCCC1c2cc(OC)c(OC)cc2CCN1Cc1ccc(C(C)(C)C)cc1. The highest BCUT2D eigenvalue weighted by molar-refractivity contribution is 5.49. The van der Waals surface area contributed by atoms with E-state index in [0.29, 0.717) is 6.04 Å². The van der Waals surface area contributed by atoms with Gasteiger partial charge in [-0.2, -0.15) is 0 Å². The molecule has 3 rings (SSSR count). The van der Waals surface area contributed by atoms with E-state index in [1.54, 1.807) is 14.2 Å². The molecule has 0 spiro atoms. The van der Waals surface area contributed by atoms with Crippen molar-refractivity contribution in [3.8, 4) is 11.5 Å². The average Bonchev–Trinajstić information content (AvgIpc) is 2.87. The van der Waals surface area contributed by atoms with Crippen molar-refractivity contribution in [3.05, 3.63) is 58.7 Å². The van der Waals surface area contributed by atoms with Crippen molar-refractivity contribution in [2.45, 2.75) is 116 Å². The molecule has 1 aliphatic rings. The number of fused-ring (bicyclic) bond motifs is 1. The molecular weight excluding hydrogens is 442 g/mol. The molecule has 1 atom stereocenters. The summed E-state index contributed by atoms with van der Waals surface area (Å²) in [5, 5.41) is 0. The number of benzene rings is 2. The van der Waals surface area contributed by atoms with E-state index in [2.05, 4.69) is 69.0 Å². The molecule has 36 heavy (non-hydrogen) atoms. The molecule has 200 valence electrons. The first kappa shape index (κ1) is 28.6. The molecular formula is C33H51NO2. The van der Waals surface area contributed by atoms with Crippen LogP contribution in [0.4, 0.5) is 0 Å². The first-order valence-electron chi connectivity index (χ1n) is 14.5. The Bertz CT molecular complexity index is 913. The van der Waals surface area contributed by atoms with Crippen molar-refractivity contribution in [3.63, 3.8) is 0 Å². The summed E-state index contributed by atoms with van der Waals surface area (Å²) >= 11 is 0. The average molecular weight is 494 g/mol. The van der Waals surface area contributed by atoms with Gasteiger partial charge >= 0.3 is 0 Å². The van der Waals surface area contributed by atoms with Crippen LogP contribution in [-0.4, -0.2) is 25.7 Å². The van der Waals surface area contributed by atoms with Gasteiger partial charge in [0, 0.05) is 19.1 Å². The van der Waals surface area contributed by atoms with Gasteiger partial charge in [0.1, 0.15) is 0 Å². The molecule has 0 aromatic heterocycles. The van der Waals surface area contributed by atoms with Gasteiger partial charge in [0.25, 0.3) is 0 Å². The van der Waals surface area contributed by atoms with Gasteiger partial charge in [-0.15, -0.1) is 0 Å². The van der Waals surface area contributed by atoms with Gasteiger partial charge in [-0.3, -0.25) is 4.90 Å². The molecule has 0 saturated carbocycles. The number of unbranched alkanes of at least 4 members (excludes halogenated alkanes) is 8. The quantitative estimate of drug-likeness (QED) is 0.245.